The van der Waals surface area contributed by atoms with Crippen LogP contribution in [0.5, 0.6) is 0 Å². The van der Waals surface area contributed by atoms with Crippen molar-refractivity contribution in [3.63, 3.8) is 0 Å². The van der Waals surface area contributed by atoms with Gasteiger partial charge >= 0.3 is 0 Å². The highest BCUT2D eigenvalue weighted by atomic mass is 32.1. The lowest BCUT2D eigenvalue weighted by atomic mass is 9.86. The van der Waals surface area contributed by atoms with Gasteiger partial charge in [0.1, 0.15) is 0 Å². The van der Waals surface area contributed by atoms with Gasteiger partial charge in [0.25, 0.3) is 5.91 Å². The maximum absolute atomic E-state index is 12.0. The molecule has 2 rings (SSSR count). The van der Waals surface area contributed by atoms with Crippen LogP contribution in [0.4, 0.5) is 0 Å². The number of aryl methyl sites for hydroxylation is 1. The van der Waals surface area contributed by atoms with Crippen molar-refractivity contribution in [1.29, 1.82) is 0 Å². The summed E-state index contributed by atoms with van der Waals surface area (Å²) >= 11 is 5.24. The Labute approximate surface area is 131 Å². The lowest BCUT2D eigenvalue weighted by Gasteiger charge is -2.30. The van der Waals surface area contributed by atoms with Crippen molar-refractivity contribution in [1.82, 2.24) is 16.2 Å². The average molecular weight is 305 g/mol. The third kappa shape index (κ3) is 4.70. The molecule has 1 aromatic carbocycles. The molecule has 2 atom stereocenters. The molecule has 1 aliphatic rings. The highest BCUT2D eigenvalue weighted by Gasteiger charge is 2.21. The summed E-state index contributed by atoms with van der Waals surface area (Å²) < 4.78 is 0. The van der Waals surface area contributed by atoms with Crippen LogP contribution in [-0.2, 0) is 0 Å². The average Bonchev–Trinajstić information content (AvgIpc) is 2.48. The van der Waals surface area contributed by atoms with E-state index in [1.54, 1.807) is 12.1 Å². The molecule has 5 heteroatoms. The van der Waals surface area contributed by atoms with Crippen molar-refractivity contribution in [3.05, 3.63) is 35.4 Å². The van der Waals surface area contributed by atoms with Gasteiger partial charge < -0.3 is 5.32 Å². The Balaban J connectivity index is 1.78. The second-order valence-corrected chi connectivity index (χ2v) is 6.20. The number of hydrogen-bond donors (Lipinski definition) is 3. The van der Waals surface area contributed by atoms with E-state index in [1.165, 1.54) is 19.3 Å². The molecule has 3 N–H and O–H groups in total. The molecule has 1 amide bonds. The van der Waals surface area contributed by atoms with Crippen LogP contribution in [0.2, 0.25) is 0 Å². The minimum Gasteiger partial charge on any atom is -0.358 e. The van der Waals surface area contributed by atoms with E-state index < -0.39 is 0 Å². The molecule has 0 saturated heterocycles. The molecule has 21 heavy (non-hydrogen) atoms. The van der Waals surface area contributed by atoms with Gasteiger partial charge in [0.15, 0.2) is 5.11 Å². The molecule has 0 aliphatic heterocycles. The van der Waals surface area contributed by atoms with Gasteiger partial charge in [-0.05, 0) is 50.0 Å². The third-order valence-corrected chi connectivity index (χ3v) is 4.25. The van der Waals surface area contributed by atoms with Gasteiger partial charge in [-0.25, -0.2) is 0 Å². The molecule has 1 fully saturated rings. The lowest BCUT2D eigenvalue weighted by Crippen LogP contribution is -2.51. The highest BCUT2D eigenvalue weighted by Crippen LogP contribution is 2.23. The number of amides is 1. The largest absolute Gasteiger partial charge is 0.358 e. The Morgan fingerprint density at radius 2 is 1.81 bits per heavy atom. The van der Waals surface area contributed by atoms with Crippen LogP contribution in [0.3, 0.4) is 0 Å². The van der Waals surface area contributed by atoms with Crippen molar-refractivity contribution in [3.8, 4) is 0 Å². The number of hydrazine groups is 1. The first-order chi connectivity index (χ1) is 10.1. The summed E-state index contributed by atoms with van der Waals surface area (Å²) in [5, 5.41) is 3.77. The molecule has 0 unspecified atom stereocenters. The van der Waals surface area contributed by atoms with Crippen molar-refractivity contribution < 1.29 is 4.79 Å². The van der Waals surface area contributed by atoms with Crippen LogP contribution in [0.25, 0.3) is 0 Å². The Hall–Kier alpha value is -1.62. The number of carbonyl (C=O) groups is 1. The monoisotopic (exact) mass is 305 g/mol. The van der Waals surface area contributed by atoms with Crippen LogP contribution in [-0.4, -0.2) is 17.1 Å². The van der Waals surface area contributed by atoms with E-state index in [1.807, 2.05) is 19.1 Å². The van der Waals surface area contributed by atoms with E-state index in [4.69, 9.17) is 12.2 Å². The van der Waals surface area contributed by atoms with Crippen molar-refractivity contribution in [2.75, 3.05) is 0 Å². The molecule has 1 aliphatic carbocycles. The van der Waals surface area contributed by atoms with E-state index >= 15 is 0 Å². The number of rotatable bonds is 2. The Bertz CT molecular complexity index is 501. The normalized spacial score (nSPS) is 21.4. The standard InChI is InChI=1S/C16H23N3OS/c1-11-7-9-13(10-8-11)15(20)18-19-16(21)17-14-6-4-3-5-12(14)2/h7-10,12,14H,3-6H2,1-2H3,(H,18,20)(H2,17,19,21)/t12-,14-/m1/s1. The van der Waals surface area contributed by atoms with Crippen molar-refractivity contribution in [2.45, 2.75) is 45.6 Å². The van der Waals surface area contributed by atoms with Gasteiger partial charge in [-0.3, -0.25) is 15.6 Å². The third-order valence-electron chi connectivity index (χ3n) is 4.03. The maximum atomic E-state index is 12.0. The molecule has 4 nitrogen and oxygen atoms in total. The fourth-order valence-electron chi connectivity index (χ4n) is 2.63. The van der Waals surface area contributed by atoms with Gasteiger partial charge in [-0.15, -0.1) is 0 Å². The summed E-state index contributed by atoms with van der Waals surface area (Å²) in [6.07, 6.45) is 4.90. The Kier molecular flexibility index (Phi) is 5.56. The fraction of sp³-hybridized carbons (Fsp3) is 0.500. The molecule has 0 radical (unpaired) electrons. The van der Waals surface area contributed by atoms with Crippen LogP contribution < -0.4 is 16.2 Å². The van der Waals surface area contributed by atoms with Gasteiger partial charge in [0.05, 0.1) is 0 Å². The Morgan fingerprint density at radius 3 is 2.48 bits per heavy atom. The summed E-state index contributed by atoms with van der Waals surface area (Å²) in [4.78, 5) is 12.0. The predicted molar refractivity (Wildman–Crippen MR) is 88.9 cm³/mol. The highest BCUT2D eigenvalue weighted by molar-refractivity contribution is 7.80. The van der Waals surface area contributed by atoms with Gasteiger partial charge in [0, 0.05) is 11.6 Å². The van der Waals surface area contributed by atoms with E-state index in [0.29, 0.717) is 22.6 Å². The quantitative estimate of drug-likeness (QED) is 0.581. The van der Waals surface area contributed by atoms with Gasteiger partial charge in [-0.1, -0.05) is 37.5 Å². The van der Waals surface area contributed by atoms with Crippen LogP contribution in [0, 0.1) is 12.8 Å². The van der Waals surface area contributed by atoms with Gasteiger partial charge in [-0.2, -0.15) is 0 Å². The van der Waals surface area contributed by atoms with E-state index in [0.717, 1.165) is 12.0 Å². The lowest BCUT2D eigenvalue weighted by molar-refractivity contribution is 0.0943. The SMILES string of the molecule is Cc1ccc(C(=O)NNC(=S)N[C@@H]2CCCC[C@H]2C)cc1. The summed E-state index contributed by atoms with van der Waals surface area (Å²) in [6, 6.07) is 7.82. The second kappa shape index (κ2) is 7.41. The molecule has 0 aromatic heterocycles. The number of carbonyl (C=O) groups excluding carboxylic acids is 1. The molecule has 1 saturated carbocycles. The molecule has 0 spiro atoms. The molecule has 0 heterocycles. The topological polar surface area (TPSA) is 53.2 Å². The molecule has 1 aromatic rings. The smallest absolute Gasteiger partial charge is 0.269 e. The number of hydrogen-bond acceptors (Lipinski definition) is 2. The van der Waals surface area contributed by atoms with E-state index in [-0.39, 0.29) is 5.91 Å². The number of thiocarbonyl (C=S) groups is 1. The second-order valence-electron chi connectivity index (χ2n) is 5.79. The summed E-state index contributed by atoms with van der Waals surface area (Å²) in [5.41, 5.74) is 7.15. The fourth-order valence-corrected chi connectivity index (χ4v) is 2.83. The zero-order valence-corrected chi connectivity index (χ0v) is 13.4. The first kappa shape index (κ1) is 15.8. The van der Waals surface area contributed by atoms with Crippen LogP contribution >= 0.6 is 12.2 Å². The number of nitrogens with one attached hydrogen (secondary N) is 3. The summed E-state index contributed by atoms with van der Waals surface area (Å²) in [7, 11) is 0. The maximum Gasteiger partial charge on any atom is 0.269 e. The van der Waals surface area contributed by atoms with Crippen LogP contribution in [0.1, 0.15) is 48.5 Å². The van der Waals surface area contributed by atoms with Crippen molar-refractivity contribution >= 4 is 23.2 Å². The van der Waals surface area contributed by atoms with Gasteiger partial charge in [0.2, 0.25) is 0 Å². The summed E-state index contributed by atoms with van der Waals surface area (Å²) in [5.74, 6) is 0.433. The molecular formula is C16H23N3OS. The van der Waals surface area contributed by atoms with E-state index in [2.05, 4.69) is 23.1 Å². The minimum absolute atomic E-state index is 0.184. The summed E-state index contributed by atoms with van der Waals surface area (Å²) in [6.45, 7) is 4.23. The minimum atomic E-state index is -0.184. The first-order valence-electron chi connectivity index (χ1n) is 7.50. The molecular weight excluding hydrogens is 282 g/mol. The Morgan fingerprint density at radius 1 is 1.14 bits per heavy atom. The zero-order valence-electron chi connectivity index (χ0n) is 12.6. The first-order valence-corrected chi connectivity index (χ1v) is 7.90. The molecule has 0 bridgehead atoms. The van der Waals surface area contributed by atoms with E-state index in [9.17, 15) is 4.79 Å². The van der Waals surface area contributed by atoms with Crippen molar-refractivity contribution in [2.24, 2.45) is 5.92 Å². The number of benzene rings is 1. The zero-order chi connectivity index (χ0) is 15.2. The molecule has 114 valence electrons. The van der Waals surface area contributed by atoms with Crippen LogP contribution in [0.15, 0.2) is 24.3 Å². The predicted octanol–water partition coefficient (Wildman–Crippen LogP) is 2.68.